The van der Waals surface area contributed by atoms with Gasteiger partial charge in [0.15, 0.2) is 0 Å². The van der Waals surface area contributed by atoms with E-state index in [2.05, 4.69) is 10.5 Å². The van der Waals surface area contributed by atoms with Crippen molar-refractivity contribution in [1.82, 2.24) is 15.5 Å². The van der Waals surface area contributed by atoms with Crippen molar-refractivity contribution < 1.29 is 9.26 Å². The Morgan fingerprint density at radius 1 is 1.35 bits per heavy atom. The van der Waals surface area contributed by atoms with Crippen molar-refractivity contribution in [3.05, 3.63) is 11.7 Å². The highest BCUT2D eigenvalue weighted by atomic mass is 16.5. The van der Waals surface area contributed by atoms with E-state index in [-0.39, 0.29) is 5.60 Å². The first-order chi connectivity index (χ1) is 9.81. The van der Waals surface area contributed by atoms with Gasteiger partial charge in [-0.25, -0.2) is 0 Å². The minimum absolute atomic E-state index is 0.276. The summed E-state index contributed by atoms with van der Waals surface area (Å²) in [6, 6.07) is 1.20. The predicted molar refractivity (Wildman–Crippen MR) is 73.4 cm³/mol. The lowest BCUT2D eigenvalue weighted by Gasteiger charge is -2.24. The normalized spacial score (nSPS) is 35.0. The van der Waals surface area contributed by atoms with Crippen LogP contribution in [0.4, 0.5) is 0 Å². The van der Waals surface area contributed by atoms with E-state index in [1.165, 1.54) is 25.7 Å². The maximum absolute atomic E-state index is 6.01. The van der Waals surface area contributed by atoms with Gasteiger partial charge in [0.25, 0.3) is 0 Å². The summed E-state index contributed by atoms with van der Waals surface area (Å²) in [6.07, 6.45) is 8.12. The van der Waals surface area contributed by atoms with Crippen molar-refractivity contribution >= 4 is 0 Å². The summed E-state index contributed by atoms with van der Waals surface area (Å²) in [5.74, 6) is 2.02. The van der Waals surface area contributed by atoms with Crippen LogP contribution in [0.5, 0.6) is 0 Å². The maximum Gasteiger partial charge on any atom is 0.231 e. The van der Waals surface area contributed by atoms with Gasteiger partial charge in [-0.1, -0.05) is 5.16 Å². The second-order valence-corrected chi connectivity index (χ2v) is 6.48. The molecule has 110 valence electrons. The molecule has 1 N–H and O–H groups in total. The molecule has 1 aliphatic carbocycles. The van der Waals surface area contributed by atoms with Crippen molar-refractivity contribution in [2.24, 2.45) is 0 Å². The van der Waals surface area contributed by atoms with Crippen LogP contribution in [0.15, 0.2) is 4.52 Å². The molecule has 5 nitrogen and oxygen atoms in total. The van der Waals surface area contributed by atoms with Crippen molar-refractivity contribution in [3.63, 3.8) is 0 Å². The van der Waals surface area contributed by atoms with E-state index in [0.29, 0.717) is 24.6 Å². The monoisotopic (exact) mass is 277 g/mol. The number of nitrogens with one attached hydrogen (secondary N) is 1. The Hall–Kier alpha value is -0.940. The molecule has 2 aliphatic heterocycles. The minimum atomic E-state index is -0.276. The van der Waals surface area contributed by atoms with Crippen LogP contribution in [-0.2, 0) is 10.3 Å². The zero-order valence-electron chi connectivity index (χ0n) is 12.1. The fourth-order valence-electron chi connectivity index (χ4n) is 4.32. The summed E-state index contributed by atoms with van der Waals surface area (Å²) in [6.45, 7) is 2.75. The summed E-state index contributed by atoms with van der Waals surface area (Å²) in [5, 5.41) is 7.91. The van der Waals surface area contributed by atoms with Gasteiger partial charge in [0, 0.05) is 18.7 Å². The molecular formula is C15H23N3O2. The molecule has 0 radical (unpaired) electrons. The molecule has 20 heavy (non-hydrogen) atoms. The van der Waals surface area contributed by atoms with Crippen LogP contribution in [0, 0.1) is 0 Å². The lowest BCUT2D eigenvalue weighted by Crippen LogP contribution is -2.28. The van der Waals surface area contributed by atoms with Crippen LogP contribution in [0.3, 0.4) is 0 Å². The highest BCUT2D eigenvalue weighted by molar-refractivity contribution is 5.12. The summed E-state index contributed by atoms with van der Waals surface area (Å²) < 4.78 is 11.6. The van der Waals surface area contributed by atoms with Gasteiger partial charge in [-0.15, -0.1) is 0 Å². The third-order valence-corrected chi connectivity index (χ3v) is 5.30. The fraction of sp³-hybridized carbons (Fsp3) is 0.867. The molecule has 3 aliphatic rings. The molecule has 3 atom stereocenters. The fourth-order valence-corrected chi connectivity index (χ4v) is 4.32. The van der Waals surface area contributed by atoms with Gasteiger partial charge in [-0.3, -0.25) is 0 Å². The Morgan fingerprint density at radius 2 is 2.20 bits per heavy atom. The Bertz CT molecular complexity index is 481. The zero-order chi connectivity index (χ0) is 13.6. The number of aromatic nitrogens is 2. The zero-order valence-corrected chi connectivity index (χ0v) is 12.1. The van der Waals surface area contributed by atoms with Crippen molar-refractivity contribution in [1.29, 1.82) is 0 Å². The third kappa shape index (κ3) is 1.91. The summed E-state index contributed by atoms with van der Waals surface area (Å²) in [5.41, 5.74) is -0.276. The van der Waals surface area contributed by atoms with Crippen LogP contribution in [0.1, 0.15) is 69.5 Å². The number of fused-ring (bicyclic) bond motifs is 2. The van der Waals surface area contributed by atoms with Crippen LogP contribution in [-0.4, -0.2) is 28.8 Å². The van der Waals surface area contributed by atoms with Crippen LogP contribution >= 0.6 is 0 Å². The average Bonchev–Trinajstić information content (AvgIpc) is 3.22. The van der Waals surface area contributed by atoms with Crippen molar-refractivity contribution in [2.75, 3.05) is 6.61 Å². The van der Waals surface area contributed by atoms with E-state index in [1.54, 1.807) is 0 Å². The van der Waals surface area contributed by atoms with Crippen molar-refractivity contribution in [2.45, 2.75) is 75.5 Å². The number of hydrogen-bond acceptors (Lipinski definition) is 5. The first-order valence-corrected chi connectivity index (χ1v) is 8.05. The minimum Gasteiger partial charge on any atom is -0.367 e. The van der Waals surface area contributed by atoms with E-state index >= 15 is 0 Å². The topological polar surface area (TPSA) is 60.2 Å². The molecule has 3 heterocycles. The summed E-state index contributed by atoms with van der Waals surface area (Å²) in [7, 11) is 0. The smallest absolute Gasteiger partial charge is 0.231 e. The predicted octanol–water partition coefficient (Wildman–Crippen LogP) is 2.48. The first kappa shape index (κ1) is 12.8. The van der Waals surface area contributed by atoms with E-state index in [4.69, 9.17) is 14.2 Å². The molecule has 4 rings (SSSR count). The maximum atomic E-state index is 6.01. The molecular weight excluding hydrogens is 254 g/mol. The first-order valence-electron chi connectivity index (χ1n) is 8.05. The van der Waals surface area contributed by atoms with Gasteiger partial charge in [0.05, 0.1) is 5.92 Å². The number of ether oxygens (including phenoxy) is 1. The SMILES string of the molecule is CCOC1(c2noc(C3CC4CCC3N4)n2)CCCC1. The lowest BCUT2D eigenvalue weighted by molar-refractivity contribution is -0.0469. The second kappa shape index (κ2) is 4.81. The summed E-state index contributed by atoms with van der Waals surface area (Å²) in [4.78, 5) is 4.74. The van der Waals surface area contributed by atoms with Gasteiger partial charge in [0.1, 0.15) is 5.60 Å². The number of rotatable bonds is 4. The van der Waals surface area contributed by atoms with E-state index < -0.39 is 0 Å². The second-order valence-electron chi connectivity index (χ2n) is 6.48. The van der Waals surface area contributed by atoms with Crippen LogP contribution in [0.25, 0.3) is 0 Å². The van der Waals surface area contributed by atoms with Crippen molar-refractivity contribution in [3.8, 4) is 0 Å². The van der Waals surface area contributed by atoms with Crippen LogP contribution < -0.4 is 5.32 Å². The lowest BCUT2D eigenvalue weighted by atomic mass is 9.89. The van der Waals surface area contributed by atoms with Gasteiger partial charge >= 0.3 is 0 Å². The molecule has 1 aromatic heterocycles. The highest BCUT2D eigenvalue weighted by Crippen LogP contribution is 2.43. The van der Waals surface area contributed by atoms with Gasteiger partial charge in [-0.05, 0) is 51.9 Å². The average molecular weight is 277 g/mol. The molecule has 3 fully saturated rings. The van der Waals surface area contributed by atoms with Gasteiger partial charge < -0.3 is 14.6 Å². The van der Waals surface area contributed by atoms with E-state index in [1.807, 2.05) is 6.92 Å². The molecule has 0 aromatic carbocycles. The molecule has 0 amide bonds. The Labute approximate surface area is 119 Å². The van der Waals surface area contributed by atoms with Gasteiger partial charge in [0.2, 0.25) is 11.7 Å². The highest BCUT2D eigenvalue weighted by Gasteiger charge is 2.45. The quantitative estimate of drug-likeness (QED) is 0.916. The Balaban J connectivity index is 1.58. The molecule has 0 spiro atoms. The third-order valence-electron chi connectivity index (χ3n) is 5.30. The molecule has 2 bridgehead atoms. The van der Waals surface area contributed by atoms with Gasteiger partial charge in [-0.2, -0.15) is 4.98 Å². The Morgan fingerprint density at radius 3 is 2.85 bits per heavy atom. The molecule has 1 aromatic rings. The largest absolute Gasteiger partial charge is 0.367 e. The van der Waals surface area contributed by atoms with Crippen LogP contribution in [0.2, 0.25) is 0 Å². The van der Waals surface area contributed by atoms with E-state index in [0.717, 1.165) is 31.0 Å². The van der Waals surface area contributed by atoms with E-state index in [9.17, 15) is 0 Å². The summed E-state index contributed by atoms with van der Waals surface area (Å²) >= 11 is 0. The molecule has 2 saturated heterocycles. The standard InChI is InChI=1S/C15H23N3O2/c1-2-19-15(7-3-4-8-15)14-17-13(20-18-14)11-9-10-5-6-12(11)16-10/h10-12,16H,2-9H2,1H3. The molecule has 5 heteroatoms. The molecule has 1 saturated carbocycles. The molecule has 3 unspecified atom stereocenters. The number of nitrogens with zero attached hydrogens (tertiary/aromatic N) is 2. The Kier molecular flexibility index (Phi) is 3.07. The number of hydrogen-bond donors (Lipinski definition) is 1.